The molecule has 1 heterocycles. The number of aromatic nitrogens is 2. The number of amides is 1. The number of fused-ring (bicyclic) bond motifs is 1. The lowest BCUT2D eigenvalue weighted by molar-refractivity contribution is -0.128. The van der Waals surface area contributed by atoms with E-state index in [1.165, 1.54) is 0 Å². The van der Waals surface area contributed by atoms with E-state index in [-0.39, 0.29) is 11.3 Å². The Morgan fingerprint density at radius 2 is 1.95 bits per heavy atom. The topological polar surface area (TPSA) is 46.9 Å². The van der Waals surface area contributed by atoms with Crippen LogP contribution >= 0.6 is 0 Å². The van der Waals surface area contributed by atoms with E-state index >= 15 is 0 Å². The molecule has 4 nitrogen and oxygen atoms in total. The standard InChI is InChI=1S/C17H25N3O/c1-12(2)20-14-9-7-6-8-13(14)19-15(20)10-11-18-16(21)17(3,4)5/h6-9,12H,10-11H2,1-5H3,(H,18,21). The Hall–Kier alpha value is -1.84. The average molecular weight is 287 g/mol. The van der Waals surface area contributed by atoms with Crippen LogP contribution in [0.3, 0.4) is 0 Å². The lowest BCUT2D eigenvalue weighted by Gasteiger charge is -2.18. The Balaban J connectivity index is 2.15. The maximum absolute atomic E-state index is 11.9. The number of nitrogens with one attached hydrogen (secondary N) is 1. The number of hydrogen-bond acceptors (Lipinski definition) is 2. The van der Waals surface area contributed by atoms with Gasteiger partial charge in [0.2, 0.25) is 5.91 Å². The minimum absolute atomic E-state index is 0.0784. The predicted octanol–water partition coefficient (Wildman–Crippen LogP) is 3.32. The molecule has 1 amide bonds. The summed E-state index contributed by atoms with van der Waals surface area (Å²) in [6.45, 7) is 10.7. The molecule has 2 rings (SSSR count). The second-order valence-electron chi connectivity index (χ2n) is 6.74. The fourth-order valence-corrected chi connectivity index (χ4v) is 2.40. The molecule has 1 aromatic heterocycles. The molecule has 0 fully saturated rings. The van der Waals surface area contributed by atoms with Crippen LogP contribution in [0, 0.1) is 5.41 Å². The first-order valence-corrected chi connectivity index (χ1v) is 7.55. The molecule has 4 heteroatoms. The Labute approximate surface area is 126 Å². The van der Waals surface area contributed by atoms with Gasteiger partial charge in [0.25, 0.3) is 0 Å². The molecular weight excluding hydrogens is 262 g/mol. The van der Waals surface area contributed by atoms with Crippen LogP contribution in [0.2, 0.25) is 0 Å². The van der Waals surface area contributed by atoms with Crippen LogP contribution in [0.15, 0.2) is 24.3 Å². The molecule has 0 aliphatic carbocycles. The number of rotatable bonds is 4. The molecule has 0 radical (unpaired) electrons. The van der Waals surface area contributed by atoms with Gasteiger partial charge in [-0.05, 0) is 26.0 Å². The monoisotopic (exact) mass is 287 g/mol. The van der Waals surface area contributed by atoms with Gasteiger partial charge in [0.1, 0.15) is 5.82 Å². The normalized spacial score (nSPS) is 12.1. The molecule has 0 spiro atoms. The number of para-hydroxylation sites is 2. The van der Waals surface area contributed by atoms with Crippen LogP contribution in [0.5, 0.6) is 0 Å². The highest BCUT2D eigenvalue weighted by atomic mass is 16.2. The smallest absolute Gasteiger partial charge is 0.225 e. The van der Waals surface area contributed by atoms with Crippen LogP contribution < -0.4 is 5.32 Å². The lowest BCUT2D eigenvalue weighted by atomic mass is 9.96. The molecule has 0 saturated carbocycles. The molecule has 21 heavy (non-hydrogen) atoms. The second kappa shape index (κ2) is 5.88. The Bertz CT molecular complexity index is 635. The summed E-state index contributed by atoms with van der Waals surface area (Å²) in [4.78, 5) is 16.6. The van der Waals surface area contributed by atoms with Crippen molar-refractivity contribution in [3.05, 3.63) is 30.1 Å². The number of hydrogen-bond donors (Lipinski definition) is 1. The minimum atomic E-state index is -0.349. The molecule has 0 saturated heterocycles. The van der Waals surface area contributed by atoms with E-state index in [1.807, 2.05) is 39.0 Å². The lowest BCUT2D eigenvalue weighted by Crippen LogP contribution is -2.36. The van der Waals surface area contributed by atoms with Gasteiger partial charge in [0.15, 0.2) is 0 Å². The van der Waals surface area contributed by atoms with Crippen LogP contribution in [0.1, 0.15) is 46.5 Å². The van der Waals surface area contributed by atoms with Crippen LogP contribution in [0.4, 0.5) is 0 Å². The maximum Gasteiger partial charge on any atom is 0.225 e. The predicted molar refractivity (Wildman–Crippen MR) is 86.3 cm³/mol. The molecule has 1 aromatic carbocycles. The summed E-state index contributed by atoms with van der Waals surface area (Å²) in [7, 11) is 0. The molecule has 1 N–H and O–H groups in total. The van der Waals surface area contributed by atoms with Crippen molar-refractivity contribution in [3.63, 3.8) is 0 Å². The van der Waals surface area contributed by atoms with Gasteiger partial charge in [-0.1, -0.05) is 32.9 Å². The third-order valence-electron chi connectivity index (χ3n) is 3.50. The fourth-order valence-electron chi connectivity index (χ4n) is 2.40. The highest BCUT2D eigenvalue weighted by Crippen LogP contribution is 2.21. The van der Waals surface area contributed by atoms with Crippen molar-refractivity contribution in [1.82, 2.24) is 14.9 Å². The quantitative estimate of drug-likeness (QED) is 0.937. The van der Waals surface area contributed by atoms with Crippen molar-refractivity contribution in [2.75, 3.05) is 6.54 Å². The van der Waals surface area contributed by atoms with Crippen molar-refractivity contribution in [2.24, 2.45) is 5.41 Å². The minimum Gasteiger partial charge on any atom is -0.355 e. The zero-order valence-electron chi connectivity index (χ0n) is 13.6. The molecule has 0 unspecified atom stereocenters. The van der Waals surface area contributed by atoms with E-state index in [2.05, 4.69) is 29.8 Å². The molecular formula is C17H25N3O. The van der Waals surface area contributed by atoms with Gasteiger partial charge >= 0.3 is 0 Å². The van der Waals surface area contributed by atoms with E-state index in [1.54, 1.807) is 0 Å². The van der Waals surface area contributed by atoms with Crippen molar-refractivity contribution < 1.29 is 4.79 Å². The van der Waals surface area contributed by atoms with Crippen LogP contribution in [0.25, 0.3) is 11.0 Å². The molecule has 0 bridgehead atoms. The van der Waals surface area contributed by atoms with E-state index in [9.17, 15) is 4.79 Å². The van der Waals surface area contributed by atoms with E-state index in [0.717, 1.165) is 23.3 Å². The fraction of sp³-hybridized carbons (Fsp3) is 0.529. The van der Waals surface area contributed by atoms with Gasteiger partial charge in [-0.3, -0.25) is 4.79 Å². The summed E-state index contributed by atoms with van der Waals surface area (Å²) < 4.78 is 2.25. The second-order valence-corrected chi connectivity index (χ2v) is 6.74. The molecule has 0 atom stereocenters. The highest BCUT2D eigenvalue weighted by Gasteiger charge is 2.21. The Morgan fingerprint density at radius 3 is 2.57 bits per heavy atom. The largest absolute Gasteiger partial charge is 0.355 e. The molecule has 2 aromatic rings. The Kier molecular flexibility index (Phi) is 4.35. The van der Waals surface area contributed by atoms with Crippen LogP contribution in [-0.4, -0.2) is 22.0 Å². The first-order chi connectivity index (χ1) is 9.80. The summed E-state index contributed by atoms with van der Waals surface area (Å²) in [6, 6.07) is 8.52. The number of benzene rings is 1. The van der Waals surface area contributed by atoms with E-state index in [0.29, 0.717) is 12.6 Å². The van der Waals surface area contributed by atoms with Crippen molar-refractivity contribution in [2.45, 2.75) is 47.1 Å². The number of carbonyl (C=O) groups is 1. The van der Waals surface area contributed by atoms with Gasteiger partial charge in [-0.2, -0.15) is 0 Å². The first kappa shape index (κ1) is 15.5. The third-order valence-corrected chi connectivity index (χ3v) is 3.50. The summed E-state index contributed by atoms with van der Waals surface area (Å²) in [5.41, 5.74) is 1.83. The molecule has 0 aliphatic heterocycles. The summed E-state index contributed by atoms with van der Waals surface area (Å²) in [5, 5.41) is 2.99. The van der Waals surface area contributed by atoms with Crippen molar-refractivity contribution in [1.29, 1.82) is 0 Å². The van der Waals surface area contributed by atoms with Gasteiger partial charge in [-0.25, -0.2) is 4.98 Å². The zero-order chi connectivity index (χ0) is 15.6. The summed E-state index contributed by atoms with van der Waals surface area (Å²) in [6.07, 6.45) is 0.745. The van der Waals surface area contributed by atoms with Crippen molar-refractivity contribution in [3.8, 4) is 0 Å². The Morgan fingerprint density at radius 1 is 1.29 bits per heavy atom. The van der Waals surface area contributed by atoms with Gasteiger partial charge in [0.05, 0.1) is 11.0 Å². The number of carbonyl (C=O) groups excluding carboxylic acids is 1. The van der Waals surface area contributed by atoms with Gasteiger partial charge in [0, 0.05) is 24.4 Å². The SMILES string of the molecule is CC(C)n1c(CCNC(=O)C(C)(C)C)nc2ccccc21. The number of nitrogens with zero attached hydrogens (tertiary/aromatic N) is 2. The maximum atomic E-state index is 11.9. The average Bonchev–Trinajstić information content (AvgIpc) is 2.75. The van der Waals surface area contributed by atoms with Crippen molar-refractivity contribution >= 4 is 16.9 Å². The van der Waals surface area contributed by atoms with Crippen LogP contribution in [-0.2, 0) is 11.2 Å². The van der Waals surface area contributed by atoms with E-state index < -0.39 is 0 Å². The van der Waals surface area contributed by atoms with E-state index in [4.69, 9.17) is 4.98 Å². The summed E-state index contributed by atoms with van der Waals surface area (Å²) >= 11 is 0. The van der Waals surface area contributed by atoms with Gasteiger partial charge in [-0.15, -0.1) is 0 Å². The first-order valence-electron chi connectivity index (χ1n) is 7.55. The molecule has 114 valence electrons. The van der Waals surface area contributed by atoms with Gasteiger partial charge < -0.3 is 9.88 Å². The number of imidazole rings is 1. The molecule has 0 aliphatic rings. The zero-order valence-corrected chi connectivity index (χ0v) is 13.6. The summed E-state index contributed by atoms with van der Waals surface area (Å²) in [5.74, 6) is 1.11. The third kappa shape index (κ3) is 3.43. The highest BCUT2D eigenvalue weighted by molar-refractivity contribution is 5.81.